The third kappa shape index (κ3) is 3.12. The van der Waals surface area contributed by atoms with Crippen molar-refractivity contribution in [1.29, 1.82) is 0 Å². The largest absolute Gasteiger partial charge is 0.375 e. The molecule has 1 aliphatic heterocycles. The van der Waals surface area contributed by atoms with Crippen molar-refractivity contribution in [3.05, 3.63) is 12.7 Å². The zero-order chi connectivity index (χ0) is 9.73. The first kappa shape index (κ1) is 10.7. The summed E-state index contributed by atoms with van der Waals surface area (Å²) in [5, 5.41) is 3.46. The van der Waals surface area contributed by atoms with Crippen molar-refractivity contribution >= 4 is 0 Å². The Kier molecular flexibility index (Phi) is 3.94. The van der Waals surface area contributed by atoms with Gasteiger partial charge >= 0.3 is 0 Å². The average molecular weight is 183 g/mol. The van der Waals surface area contributed by atoms with Gasteiger partial charge in [0.15, 0.2) is 0 Å². The first-order valence-electron chi connectivity index (χ1n) is 5.18. The van der Waals surface area contributed by atoms with E-state index in [-0.39, 0.29) is 5.60 Å². The fraction of sp³-hybridized carbons (Fsp3) is 0.818. The zero-order valence-electron chi connectivity index (χ0n) is 8.81. The topological polar surface area (TPSA) is 21.3 Å². The van der Waals surface area contributed by atoms with Crippen LogP contribution in [0.4, 0.5) is 0 Å². The molecule has 2 atom stereocenters. The molecular weight excluding hydrogens is 162 g/mol. The second-order valence-electron chi connectivity index (χ2n) is 4.04. The summed E-state index contributed by atoms with van der Waals surface area (Å²) in [6.45, 7) is 9.90. The molecular formula is C11H21NO. The number of rotatable bonds is 4. The first-order valence-corrected chi connectivity index (χ1v) is 5.18. The molecule has 0 aromatic rings. The highest BCUT2D eigenvalue weighted by Gasteiger charge is 2.30. The lowest BCUT2D eigenvalue weighted by molar-refractivity contribution is -0.0775. The summed E-state index contributed by atoms with van der Waals surface area (Å²) in [7, 11) is 0. The standard InChI is InChI=1S/C11H21NO/c1-4-7-12-10-6-8-13-11(3,5-2)9-10/h4,10,12H,1,5-9H2,2-3H3. The van der Waals surface area contributed by atoms with Crippen molar-refractivity contribution in [2.45, 2.75) is 44.8 Å². The Morgan fingerprint density at radius 2 is 2.46 bits per heavy atom. The van der Waals surface area contributed by atoms with Crippen LogP contribution in [0.2, 0.25) is 0 Å². The van der Waals surface area contributed by atoms with Crippen molar-refractivity contribution in [3.8, 4) is 0 Å². The van der Waals surface area contributed by atoms with Crippen molar-refractivity contribution in [2.24, 2.45) is 0 Å². The molecule has 1 fully saturated rings. The SMILES string of the molecule is C=CCNC1CCOC(C)(CC)C1. The molecule has 0 amide bonds. The Bertz CT molecular complexity index is 169. The van der Waals surface area contributed by atoms with Gasteiger partial charge in [-0.15, -0.1) is 6.58 Å². The number of nitrogens with one attached hydrogen (secondary N) is 1. The molecule has 2 nitrogen and oxygen atoms in total. The van der Waals surface area contributed by atoms with Crippen LogP contribution in [0.1, 0.15) is 33.1 Å². The van der Waals surface area contributed by atoms with Gasteiger partial charge in [-0.2, -0.15) is 0 Å². The number of hydrogen-bond donors (Lipinski definition) is 1. The van der Waals surface area contributed by atoms with Gasteiger partial charge in [-0.1, -0.05) is 13.0 Å². The summed E-state index contributed by atoms with van der Waals surface area (Å²) in [6, 6.07) is 0.608. The summed E-state index contributed by atoms with van der Waals surface area (Å²) in [5.41, 5.74) is 0.0943. The Morgan fingerprint density at radius 3 is 3.08 bits per heavy atom. The third-order valence-corrected chi connectivity index (χ3v) is 2.89. The van der Waals surface area contributed by atoms with Crippen molar-refractivity contribution < 1.29 is 4.74 Å². The number of hydrogen-bond acceptors (Lipinski definition) is 2. The average Bonchev–Trinajstić information content (AvgIpc) is 2.15. The van der Waals surface area contributed by atoms with Crippen LogP contribution in [0.3, 0.4) is 0 Å². The van der Waals surface area contributed by atoms with Crippen LogP contribution in [0.15, 0.2) is 12.7 Å². The number of ether oxygens (including phenoxy) is 1. The third-order valence-electron chi connectivity index (χ3n) is 2.89. The van der Waals surface area contributed by atoms with Gasteiger partial charge in [-0.05, 0) is 26.2 Å². The molecule has 0 spiro atoms. The lowest BCUT2D eigenvalue weighted by Crippen LogP contribution is -2.45. The Hall–Kier alpha value is -0.340. The maximum Gasteiger partial charge on any atom is 0.0666 e. The smallest absolute Gasteiger partial charge is 0.0666 e. The molecule has 0 aromatic heterocycles. The van der Waals surface area contributed by atoms with E-state index in [1.165, 1.54) is 0 Å². The maximum atomic E-state index is 5.76. The molecule has 1 saturated heterocycles. The molecule has 13 heavy (non-hydrogen) atoms. The molecule has 0 saturated carbocycles. The maximum absolute atomic E-state index is 5.76. The van der Waals surface area contributed by atoms with Crippen LogP contribution in [-0.4, -0.2) is 24.8 Å². The highest BCUT2D eigenvalue weighted by atomic mass is 16.5. The Morgan fingerprint density at radius 1 is 1.69 bits per heavy atom. The van der Waals surface area contributed by atoms with Crippen LogP contribution in [0.5, 0.6) is 0 Å². The van der Waals surface area contributed by atoms with Crippen molar-refractivity contribution in [3.63, 3.8) is 0 Å². The van der Waals surface area contributed by atoms with Crippen LogP contribution < -0.4 is 5.32 Å². The molecule has 1 N–H and O–H groups in total. The lowest BCUT2D eigenvalue weighted by Gasteiger charge is -2.38. The predicted molar refractivity (Wildman–Crippen MR) is 55.9 cm³/mol. The van der Waals surface area contributed by atoms with E-state index < -0.39 is 0 Å². The van der Waals surface area contributed by atoms with Crippen LogP contribution >= 0.6 is 0 Å². The molecule has 2 unspecified atom stereocenters. The van der Waals surface area contributed by atoms with Gasteiger partial charge in [0.2, 0.25) is 0 Å². The van der Waals surface area contributed by atoms with Gasteiger partial charge in [-0.25, -0.2) is 0 Å². The van der Waals surface area contributed by atoms with E-state index in [1.54, 1.807) is 0 Å². The van der Waals surface area contributed by atoms with Crippen LogP contribution in [0.25, 0.3) is 0 Å². The van der Waals surface area contributed by atoms with E-state index in [0.717, 1.165) is 32.4 Å². The van der Waals surface area contributed by atoms with Crippen LogP contribution in [-0.2, 0) is 4.74 Å². The molecule has 1 aliphatic rings. The first-order chi connectivity index (χ1) is 6.20. The fourth-order valence-electron chi connectivity index (χ4n) is 1.80. The molecule has 0 aromatic carbocycles. The molecule has 0 radical (unpaired) electrons. The van der Waals surface area contributed by atoms with Gasteiger partial charge in [0, 0.05) is 19.2 Å². The summed E-state index contributed by atoms with van der Waals surface area (Å²) in [4.78, 5) is 0. The normalized spacial score (nSPS) is 34.5. The summed E-state index contributed by atoms with van der Waals surface area (Å²) >= 11 is 0. The van der Waals surface area contributed by atoms with Gasteiger partial charge in [0.1, 0.15) is 0 Å². The molecule has 2 heteroatoms. The Labute approximate surface area is 81.4 Å². The highest BCUT2D eigenvalue weighted by molar-refractivity contribution is 4.86. The molecule has 0 bridgehead atoms. The van der Waals surface area contributed by atoms with Gasteiger partial charge in [0.25, 0.3) is 0 Å². The monoisotopic (exact) mass is 183 g/mol. The van der Waals surface area contributed by atoms with E-state index in [0.29, 0.717) is 6.04 Å². The lowest BCUT2D eigenvalue weighted by atomic mass is 9.90. The summed E-state index contributed by atoms with van der Waals surface area (Å²) in [5.74, 6) is 0. The van der Waals surface area contributed by atoms with Gasteiger partial charge < -0.3 is 10.1 Å². The van der Waals surface area contributed by atoms with Crippen molar-refractivity contribution in [1.82, 2.24) is 5.32 Å². The van der Waals surface area contributed by atoms with E-state index in [1.807, 2.05) is 6.08 Å². The second kappa shape index (κ2) is 4.77. The Balaban J connectivity index is 2.37. The van der Waals surface area contributed by atoms with E-state index in [2.05, 4.69) is 25.7 Å². The molecule has 1 rings (SSSR count). The second-order valence-corrected chi connectivity index (χ2v) is 4.04. The van der Waals surface area contributed by atoms with Crippen LogP contribution in [0, 0.1) is 0 Å². The molecule has 0 aliphatic carbocycles. The minimum Gasteiger partial charge on any atom is -0.375 e. The summed E-state index contributed by atoms with van der Waals surface area (Å²) < 4.78 is 5.76. The van der Waals surface area contributed by atoms with Gasteiger partial charge in [-0.3, -0.25) is 0 Å². The fourth-order valence-corrected chi connectivity index (χ4v) is 1.80. The molecule has 76 valence electrons. The predicted octanol–water partition coefficient (Wildman–Crippen LogP) is 2.11. The highest BCUT2D eigenvalue weighted by Crippen LogP contribution is 2.27. The van der Waals surface area contributed by atoms with Gasteiger partial charge in [0.05, 0.1) is 5.60 Å². The summed E-state index contributed by atoms with van der Waals surface area (Å²) in [6.07, 6.45) is 5.26. The van der Waals surface area contributed by atoms with E-state index in [9.17, 15) is 0 Å². The van der Waals surface area contributed by atoms with Crippen molar-refractivity contribution in [2.75, 3.05) is 13.2 Å². The zero-order valence-corrected chi connectivity index (χ0v) is 8.81. The van der Waals surface area contributed by atoms with E-state index >= 15 is 0 Å². The minimum absolute atomic E-state index is 0.0943. The quantitative estimate of drug-likeness (QED) is 0.674. The molecule has 1 heterocycles. The van der Waals surface area contributed by atoms with E-state index in [4.69, 9.17) is 4.74 Å². The minimum atomic E-state index is 0.0943.